The van der Waals surface area contributed by atoms with Crippen LogP contribution in [0.4, 0.5) is 0 Å². The zero-order chi connectivity index (χ0) is 19.9. The van der Waals surface area contributed by atoms with Gasteiger partial charge in [-0.25, -0.2) is 9.67 Å². The van der Waals surface area contributed by atoms with E-state index in [0.29, 0.717) is 19.0 Å². The summed E-state index contributed by atoms with van der Waals surface area (Å²) in [5.74, 6) is 0.402. The molecule has 8 nitrogen and oxygen atoms in total. The molecule has 1 fully saturated rings. The van der Waals surface area contributed by atoms with Crippen LogP contribution in [0.2, 0.25) is 0 Å². The SMILES string of the molecule is CC(C)CCN1CCNC(=O)C1CC(=O)NCc1ccc(-n2cncn2)cc1. The number of rotatable bonds is 8. The predicted octanol–water partition coefficient (Wildman–Crippen LogP) is 1.12. The lowest BCUT2D eigenvalue weighted by atomic mass is 10.1. The Kier molecular flexibility index (Phi) is 6.76. The van der Waals surface area contributed by atoms with Crippen molar-refractivity contribution in [2.45, 2.75) is 39.3 Å². The first-order valence-electron chi connectivity index (χ1n) is 9.75. The highest BCUT2D eigenvalue weighted by Crippen LogP contribution is 2.13. The van der Waals surface area contributed by atoms with E-state index in [1.54, 1.807) is 11.0 Å². The fraction of sp³-hybridized carbons (Fsp3) is 0.500. The Balaban J connectivity index is 1.51. The Morgan fingerprint density at radius 1 is 1.32 bits per heavy atom. The molecule has 150 valence electrons. The van der Waals surface area contributed by atoms with Crippen molar-refractivity contribution < 1.29 is 9.59 Å². The first kappa shape index (κ1) is 20.0. The van der Waals surface area contributed by atoms with E-state index in [4.69, 9.17) is 0 Å². The van der Waals surface area contributed by atoms with Gasteiger partial charge in [0.2, 0.25) is 11.8 Å². The smallest absolute Gasteiger partial charge is 0.237 e. The van der Waals surface area contributed by atoms with E-state index in [9.17, 15) is 9.59 Å². The van der Waals surface area contributed by atoms with Gasteiger partial charge < -0.3 is 10.6 Å². The molecule has 1 saturated heterocycles. The van der Waals surface area contributed by atoms with Crippen molar-refractivity contribution in [3.8, 4) is 5.69 Å². The molecule has 2 aromatic rings. The van der Waals surface area contributed by atoms with Crippen LogP contribution in [0, 0.1) is 5.92 Å². The summed E-state index contributed by atoms with van der Waals surface area (Å²) in [5, 5.41) is 9.89. The summed E-state index contributed by atoms with van der Waals surface area (Å²) in [4.78, 5) is 30.7. The van der Waals surface area contributed by atoms with E-state index in [0.717, 1.165) is 30.8 Å². The van der Waals surface area contributed by atoms with Crippen LogP contribution in [-0.4, -0.2) is 57.2 Å². The van der Waals surface area contributed by atoms with Gasteiger partial charge in [0, 0.05) is 19.6 Å². The summed E-state index contributed by atoms with van der Waals surface area (Å²) < 4.78 is 1.68. The zero-order valence-electron chi connectivity index (χ0n) is 16.5. The van der Waals surface area contributed by atoms with Crippen LogP contribution in [0.1, 0.15) is 32.3 Å². The Morgan fingerprint density at radius 2 is 2.11 bits per heavy atom. The quantitative estimate of drug-likeness (QED) is 0.712. The summed E-state index contributed by atoms with van der Waals surface area (Å²) in [5.41, 5.74) is 1.90. The van der Waals surface area contributed by atoms with Crippen molar-refractivity contribution >= 4 is 11.8 Å². The molecule has 1 aliphatic rings. The third-order valence-electron chi connectivity index (χ3n) is 4.92. The van der Waals surface area contributed by atoms with E-state index >= 15 is 0 Å². The number of nitrogens with zero attached hydrogens (tertiary/aromatic N) is 4. The largest absolute Gasteiger partial charge is 0.353 e. The number of carbonyl (C=O) groups is 2. The van der Waals surface area contributed by atoms with Crippen LogP contribution < -0.4 is 10.6 Å². The predicted molar refractivity (Wildman–Crippen MR) is 106 cm³/mol. The van der Waals surface area contributed by atoms with Gasteiger partial charge in [-0.15, -0.1) is 0 Å². The van der Waals surface area contributed by atoms with Gasteiger partial charge in [0.1, 0.15) is 12.7 Å². The maximum absolute atomic E-state index is 12.4. The third kappa shape index (κ3) is 5.39. The second-order valence-electron chi connectivity index (χ2n) is 7.51. The minimum Gasteiger partial charge on any atom is -0.353 e. The molecule has 28 heavy (non-hydrogen) atoms. The molecule has 1 unspecified atom stereocenters. The average molecular weight is 384 g/mol. The van der Waals surface area contributed by atoms with Gasteiger partial charge >= 0.3 is 0 Å². The lowest BCUT2D eigenvalue weighted by molar-refractivity contribution is -0.134. The Labute approximate surface area is 165 Å². The first-order valence-corrected chi connectivity index (χ1v) is 9.75. The summed E-state index contributed by atoms with van der Waals surface area (Å²) in [6, 6.07) is 7.36. The van der Waals surface area contributed by atoms with Gasteiger partial charge in [0.05, 0.1) is 18.2 Å². The summed E-state index contributed by atoms with van der Waals surface area (Å²) in [6.07, 6.45) is 4.32. The molecular weight excluding hydrogens is 356 g/mol. The molecule has 3 rings (SSSR count). The Morgan fingerprint density at radius 3 is 2.79 bits per heavy atom. The van der Waals surface area contributed by atoms with Crippen molar-refractivity contribution in [1.29, 1.82) is 0 Å². The van der Waals surface area contributed by atoms with E-state index < -0.39 is 0 Å². The molecule has 2 heterocycles. The van der Waals surface area contributed by atoms with Gasteiger partial charge in [0.25, 0.3) is 0 Å². The third-order valence-corrected chi connectivity index (χ3v) is 4.92. The molecule has 0 bridgehead atoms. The highest BCUT2D eigenvalue weighted by atomic mass is 16.2. The number of hydrogen-bond donors (Lipinski definition) is 2. The monoisotopic (exact) mass is 384 g/mol. The lowest BCUT2D eigenvalue weighted by Crippen LogP contribution is -2.56. The first-order chi connectivity index (χ1) is 13.5. The second kappa shape index (κ2) is 9.45. The Hall–Kier alpha value is -2.74. The van der Waals surface area contributed by atoms with E-state index in [2.05, 4.69) is 39.5 Å². The van der Waals surface area contributed by atoms with Crippen molar-refractivity contribution in [2.24, 2.45) is 5.92 Å². The van der Waals surface area contributed by atoms with Crippen LogP contribution in [0.25, 0.3) is 5.69 Å². The van der Waals surface area contributed by atoms with Crippen LogP contribution in [0.15, 0.2) is 36.9 Å². The van der Waals surface area contributed by atoms with Gasteiger partial charge in [0.15, 0.2) is 0 Å². The maximum Gasteiger partial charge on any atom is 0.237 e. The van der Waals surface area contributed by atoms with E-state index in [-0.39, 0.29) is 24.3 Å². The van der Waals surface area contributed by atoms with Crippen LogP contribution in [0.5, 0.6) is 0 Å². The van der Waals surface area contributed by atoms with Crippen LogP contribution in [-0.2, 0) is 16.1 Å². The number of aromatic nitrogens is 3. The molecule has 2 amide bonds. The van der Waals surface area contributed by atoms with Crippen LogP contribution in [0.3, 0.4) is 0 Å². The van der Waals surface area contributed by atoms with Gasteiger partial charge in [-0.1, -0.05) is 26.0 Å². The van der Waals surface area contributed by atoms with E-state index in [1.807, 2.05) is 24.3 Å². The fourth-order valence-corrected chi connectivity index (χ4v) is 3.23. The molecular formula is C20H28N6O2. The second-order valence-corrected chi connectivity index (χ2v) is 7.51. The molecule has 0 spiro atoms. The highest BCUT2D eigenvalue weighted by molar-refractivity contribution is 5.88. The molecule has 0 aliphatic carbocycles. The van der Waals surface area contributed by atoms with Crippen LogP contribution >= 0.6 is 0 Å². The number of nitrogens with one attached hydrogen (secondary N) is 2. The number of amides is 2. The number of benzene rings is 1. The average Bonchev–Trinajstić information content (AvgIpc) is 3.22. The summed E-state index contributed by atoms with van der Waals surface area (Å²) >= 11 is 0. The minimum atomic E-state index is -0.387. The van der Waals surface area contributed by atoms with E-state index in [1.165, 1.54) is 6.33 Å². The van der Waals surface area contributed by atoms with Gasteiger partial charge in [-0.2, -0.15) is 5.10 Å². The fourth-order valence-electron chi connectivity index (χ4n) is 3.23. The zero-order valence-corrected chi connectivity index (χ0v) is 16.5. The normalized spacial score (nSPS) is 17.5. The number of carbonyl (C=O) groups excluding carboxylic acids is 2. The van der Waals surface area contributed by atoms with Crippen molar-refractivity contribution in [1.82, 2.24) is 30.3 Å². The van der Waals surface area contributed by atoms with Crippen molar-refractivity contribution in [3.05, 3.63) is 42.5 Å². The minimum absolute atomic E-state index is 0.0534. The molecule has 1 aliphatic heterocycles. The maximum atomic E-state index is 12.4. The molecule has 0 saturated carbocycles. The summed E-state index contributed by atoms with van der Waals surface area (Å²) in [7, 11) is 0. The number of hydrogen-bond acceptors (Lipinski definition) is 5. The van der Waals surface area contributed by atoms with Crippen molar-refractivity contribution in [3.63, 3.8) is 0 Å². The molecule has 8 heteroatoms. The Bertz CT molecular complexity index is 773. The number of piperazine rings is 1. The van der Waals surface area contributed by atoms with Gasteiger partial charge in [-0.05, 0) is 36.6 Å². The highest BCUT2D eigenvalue weighted by Gasteiger charge is 2.31. The molecule has 2 N–H and O–H groups in total. The summed E-state index contributed by atoms with van der Waals surface area (Å²) in [6.45, 7) is 7.04. The van der Waals surface area contributed by atoms with Gasteiger partial charge in [-0.3, -0.25) is 14.5 Å². The van der Waals surface area contributed by atoms with Crippen molar-refractivity contribution in [2.75, 3.05) is 19.6 Å². The standard InChI is InChI=1S/C20H28N6O2/c1-15(2)7-9-25-10-8-22-20(28)18(25)11-19(27)23-12-16-3-5-17(6-4-16)26-14-21-13-24-26/h3-6,13-15,18H,7-12H2,1-2H3,(H,22,28)(H,23,27). The lowest BCUT2D eigenvalue weighted by Gasteiger charge is -2.35. The molecule has 1 atom stereocenters. The topological polar surface area (TPSA) is 92.2 Å². The molecule has 0 radical (unpaired) electrons. The molecule has 1 aromatic carbocycles. The molecule has 1 aromatic heterocycles.